The summed E-state index contributed by atoms with van der Waals surface area (Å²) in [5, 5.41) is 7.27. The quantitative estimate of drug-likeness (QED) is 0.863. The number of anilines is 2. The van der Waals surface area contributed by atoms with E-state index in [9.17, 15) is 14.4 Å². The second-order valence-corrected chi connectivity index (χ2v) is 6.81. The molecule has 1 atom stereocenters. The third-order valence-corrected chi connectivity index (χ3v) is 4.85. The second-order valence-electron chi connectivity index (χ2n) is 5.86. The van der Waals surface area contributed by atoms with Crippen LogP contribution in [0.4, 0.5) is 11.4 Å². The minimum atomic E-state index is -0.674. The molecule has 0 saturated carbocycles. The topological polar surface area (TPSA) is 78.5 Å². The van der Waals surface area contributed by atoms with E-state index < -0.39 is 6.04 Å². The zero-order chi connectivity index (χ0) is 17.8. The van der Waals surface area contributed by atoms with Crippen LogP contribution in [0.25, 0.3) is 0 Å². The molecule has 3 rings (SSSR count). The van der Waals surface area contributed by atoms with Crippen LogP contribution in [0.3, 0.4) is 0 Å². The van der Waals surface area contributed by atoms with Gasteiger partial charge in [0.1, 0.15) is 6.04 Å². The lowest BCUT2D eigenvalue weighted by Gasteiger charge is -2.18. The van der Waals surface area contributed by atoms with Gasteiger partial charge in [0.05, 0.1) is 4.88 Å². The van der Waals surface area contributed by atoms with Crippen LogP contribution in [-0.2, 0) is 9.59 Å². The van der Waals surface area contributed by atoms with Crippen LogP contribution in [0.15, 0.2) is 41.8 Å². The van der Waals surface area contributed by atoms with Crippen molar-refractivity contribution < 1.29 is 14.4 Å². The van der Waals surface area contributed by atoms with Gasteiger partial charge in [-0.2, -0.15) is 0 Å². The molecule has 1 aromatic heterocycles. The molecule has 1 aliphatic rings. The van der Waals surface area contributed by atoms with Crippen molar-refractivity contribution in [3.8, 4) is 0 Å². The minimum Gasteiger partial charge on any atom is -0.340 e. The van der Waals surface area contributed by atoms with Gasteiger partial charge in [-0.25, -0.2) is 0 Å². The molecule has 2 heterocycles. The Hall–Kier alpha value is -2.67. The van der Waals surface area contributed by atoms with Crippen LogP contribution >= 0.6 is 11.3 Å². The Morgan fingerprint density at radius 1 is 1.24 bits per heavy atom. The lowest BCUT2D eigenvalue weighted by Crippen LogP contribution is -2.41. The molecule has 1 saturated heterocycles. The van der Waals surface area contributed by atoms with E-state index >= 15 is 0 Å². The number of carbonyl (C=O) groups excluding carboxylic acids is 3. The summed E-state index contributed by atoms with van der Waals surface area (Å²) in [6.07, 6.45) is 1.41. The zero-order valence-electron chi connectivity index (χ0n) is 13.8. The van der Waals surface area contributed by atoms with Gasteiger partial charge in [-0.3, -0.25) is 14.4 Å². The number of amides is 3. The van der Waals surface area contributed by atoms with Crippen molar-refractivity contribution in [3.05, 3.63) is 46.7 Å². The van der Waals surface area contributed by atoms with E-state index in [0.717, 1.165) is 12.1 Å². The average Bonchev–Trinajstić information content (AvgIpc) is 3.26. The molecule has 0 spiro atoms. The Kier molecular flexibility index (Phi) is 5.14. The van der Waals surface area contributed by atoms with Crippen molar-refractivity contribution in [2.45, 2.75) is 25.8 Å². The van der Waals surface area contributed by atoms with Crippen LogP contribution in [0.5, 0.6) is 0 Å². The number of nitrogens with zero attached hydrogens (tertiary/aromatic N) is 1. The molecule has 3 amide bonds. The minimum absolute atomic E-state index is 0.0973. The van der Waals surface area contributed by atoms with E-state index in [1.54, 1.807) is 42.2 Å². The summed E-state index contributed by atoms with van der Waals surface area (Å²) in [6, 6.07) is 10.00. The Balaban J connectivity index is 1.62. The van der Waals surface area contributed by atoms with Crippen LogP contribution < -0.4 is 15.5 Å². The maximum Gasteiger partial charge on any atom is 0.261 e. The Morgan fingerprint density at radius 3 is 2.76 bits per heavy atom. The molecule has 1 aliphatic heterocycles. The first-order valence-corrected chi connectivity index (χ1v) is 8.98. The van der Waals surface area contributed by atoms with Crippen LogP contribution in [-0.4, -0.2) is 30.3 Å². The molecule has 6 nitrogen and oxygen atoms in total. The standard InChI is InChI=1S/C18H19N3O3S/c1-12(19-18(24)15-7-4-10-25-15)17(23)20-13-5-2-6-14(11-13)21-9-3-8-16(21)22/h2,4-7,10-12H,3,8-9H2,1H3,(H,19,24)(H,20,23). The molecule has 1 aromatic carbocycles. The number of thiophene rings is 1. The van der Waals surface area contributed by atoms with E-state index in [2.05, 4.69) is 10.6 Å². The maximum atomic E-state index is 12.3. The third-order valence-electron chi connectivity index (χ3n) is 3.98. The first kappa shape index (κ1) is 17.2. The summed E-state index contributed by atoms with van der Waals surface area (Å²) in [5.74, 6) is -0.482. The second kappa shape index (κ2) is 7.48. The molecule has 0 bridgehead atoms. The van der Waals surface area contributed by atoms with Gasteiger partial charge in [0, 0.05) is 24.3 Å². The Morgan fingerprint density at radius 2 is 2.08 bits per heavy atom. The Labute approximate surface area is 149 Å². The molecule has 2 aromatic rings. The molecule has 25 heavy (non-hydrogen) atoms. The van der Waals surface area contributed by atoms with Gasteiger partial charge in [0.15, 0.2) is 0 Å². The number of benzene rings is 1. The predicted molar refractivity (Wildman–Crippen MR) is 97.9 cm³/mol. The SMILES string of the molecule is CC(NC(=O)c1cccs1)C(=O)Nc1cccc(N2CCCC2=O)c1. The lowest BCUT2D eigenvalue weighted by atomic mass is 10.2. The molecular weight excluding hydrogens is 338 g/mol. The summed E-state index contributed by atoms with van der Waals surface area (Å²) in [4.78, 5) is 38.5. The fourth-order valence-corrected chi connectivity index (χ4v) is 3.29. The molecule has 7 heteroatoms. The van der Waals surface area contributed by atoms with E-state index in [0.29, 0.717) is 23.5 Å². The maximum absolute atomic E-state index is 12.3. The molecule has 2 N–H and O–H groups in total. The van der Waals surface area contributed by atoms with Crippen LogP contribution in [0.2, 0.25) is 0 Å². The highest BCUT2D eigenvalue weighted by Crippen LogP contribution is 2.24. The van der Waals surface area contributed by atoms with E-state index in [1.165, 1.54) is 11.3 Å². The number of hydrogen-bond donors (Lipinski definition) is 2. The van der Waals surface area contributed by atoms with Gasteiger partial charge in [-0.15, -0.1) is 11.3 Å². The lowest BCUT2D eigenvalue weighted by molar-refractivity contribution is -0.118. The van der Waals surface area contributed by atoms with Gasteiger partial charge in [-0.1, -0.05) is 12.1 Å². The number of hydrogen-bond acceptors (Lipinski definition) is 4. The molecular formula is C18H19N3O3S. The summed E-state index contributed by atoms with van der Waals surface area (Å²) in [6.45, 7) is 2.33. The van der Waals surface area contributed by atoms with Gasteiger partial charge in [-0.05, 0) is 43.0 Å². The smallest absolute Gasteiger partial charge is 0.261 e. The molecule has 130 valence electrons. The fraction of sp³-hybridized carbons (Fsp3) is 0.278. The first-order chi connectivity index (χ1) is 12.0. The number of rotatable bonds is 5. The van der Waals surface area contributed by atoms with Gasteiger partial charge < -0.3 is 15.5 Å². The zero-order valence-corrected chi connectivity index (χ0v) is 14.6. The van der Waals surface area contributed by atoms with E-state index in [1.807, 2.05) is 11.4 Å². The van der Waals surface area contributed by atoms with Crippen molar-refractivity contribution in [2.24, 2.45) is 0 Å². The van der Waals surface area contributed by atoms with E-state index in [4.69, 9.17) is 0 Å². The van der Waals surface area contributed by atoms with Crippen LogP contribution in [0.1, 0.15) is 29.4 Å². The predicted octanol–water partition coefficient (Wildman–Crippen LogP) is 2.63. The largest absolute Gasteiger partial charge is 0.340 e. The van der Waals surface area contributed by atoms with E-state index in [-0.39, 0.29) is 17.7 Å². The van der Waals surface area contributed by atoms with Crippen molar-refractivity contribution in [2.75, 3.05) is 16.8 Å². The normalized spacial score (nSPS) is 15.1. The first-order valence-electron chi connectivity index (χ1n) is 8.10. The highest BCUT2D eigenvalue weighted by atomic mass is 32.1. The summed E-state index contributed by atoms with van der Waals surface area (Å²) < 4.78 is 0. The van der Waals surface area contributed by atoms with Gasteiger partial charge in [0.25, 0.3) is 5.91 Å². The summed E-state index contributed by atoms with van der Waals surface area (Å²) >= 11 is 1.32. The van der Waals surface area contributed by atoms with Crippen molar-refractivity contribution in [1.29, 1.82) is 0 Å². The van der Waals surface area contributed by atoms with Gasteiger partial charge in [0.2, 0.25) is 11.8 Å². The van der Waals surface area contributed by atoms with Crippen molar-refractivity contribution >= 4 is 40.4 Å². The molecule has 0 radical (unpaired) electrons. The molecule has 1 fully saturated rings. The van der Waals surface area contributed by atoms with Crippen molar-refractivity contribution in [1.82, 2.24) is 5.32 Å². The average molecular weight is 357 g/mol. The number of carbonyl (C=O) groups is 3. The highest BCUT2D eigenvalue weighted by molar-refractivity contribution is 7.12. The fourth-order valence-electron chi connectivity index (χ4n) is 2.66. The highest BCUT2D eigenvalue weighted by Gasteiger charge is 2.22. The summed E-state index contributed by atoms with van der Waals surface area (Å²) in [5.41, 5.74) is 1.37. The number of nitrogens with one attached hydrogen (secondary N) is 2. The van der Waals surface area contributed by atoms with Gasteiger partial charge >= 0.3 is 0 Å². The summed E-state index contributed by atoms with van der Waals surface area (Å²) in [7, 11) is 0. The van der Waals surface area contributed by atoms with Crippen molar-refractivity contribution in [3.63, 3.8) is 0 Å². The molecule has 1 unspecified atom stereocenters. The Bertz CT molecular complexity index is 789. The third kappa shape index (κ3) is 4.06. The monoisotopic (exact) mass is 357 g/mol. The molecule has 0 aliphatic carbocycles. The van der Waals surface area contributed by atoms with Crippen LogP contribution in [0, 0.1) is 0 Å².